The fourth-order valence-electron chi connectivity index (χ4n) is 4.28. The van der Waals surface area contributed by atoms with Gasteiger partial charge in [-0.3, -0.25) is 18.6 Å². The van der Waals surface area contributed by atoms with E-state index in [0.29, 0.717) is 0 Å². The van der Waals surface area contributed by atoms with Gasteiger partial charge >= 0.3 is 20.1 Å². The number of nitrogens with one attached hydrogen (secondary N) is 1. The smallest absolute Gasteiger partial charge is 0.407 e. The van der Waals surface area contributed by atoms with Gasteiger partial charge in [0.2, 0.25) is 9.99 Å². The average molecular weight is 550 g/mol. The van der Waals surface area contributed by atoms with Gasteiger partial charge in [-0.15, -0.1) is 11.8 Å². The second kappa shape index (κ2) is 12.0. The predicted molar refractivity (Wildman–Crippen MR) is 139 cm³/mol. The third kappa shape index (κ3) is 6.74. The Morgan fingerprint density at radius 2 is 1.95 bits per heavy atom. The zero-order chi connectivity index (χ0) is 27.4. The molecule has 0 saturated carbocycles. The maximum absolute atomic E-state index is 13.7. The lowest BCUT2D eigenvalue weighted by Crippen LogP contribution is -2.59. The van der Waals surface area contributed by atoms with Crippen LogP contribution in [0.2, 0.25) is 0 Å². The van der Waals surface area contributed by atoms with E-state index >= 15 is 0 Å². The van der Waals surface area contributed by atoms with Crippen LogP contribution < -0.4 is 5.32 Å². The van der Waals surface area contributed by atoms with Crippen LogP contribution in [-0.4, -0.2) is 88.0 Å². The Hall–Kier alpha value is -2.38. The predicted octanol–water partition coefficient (Wildman–Crippen LogP) is 1.33. The van der Waals surface area contributed by atoms with Crippen LogP contribution in [0.3, 0.4) is 0 Å². The molecule has 2 unspecified atom stereocenters. The number of fused-ring (bicyclic) bond motifs is 1. The van der Waals surface area contributed by atoms with E-state index < -0.39 is 49.9 Å². The molecular formula is C24H31BN2O8S2. The van der Waals surface area contributed by atoms with Gasteiger partial charge in [-0.1, -0.05) is 30.3 Å². The molecule has 0 bridgehead atoms. The van der Waals surface area contributed by atoms with Crippen molar-refractivity contribution in [2.75, 3.05) is 26.0 Å². The van der Waals surface area contributed by atoms with E-state index in [1.807, 2.05) is 30.3 Å². The molecule has 1 aromatic rings. The molecule has 0 aromatic heterocycles. The molecule has 3 rings (SSSR count). The summed E-state index contributed by atoms with van der Waals surface area (Å²) in [5.41, 5.74) is 0.105. The summed E-state index contributed by atoms with van der Waals surface area (Å²) in [5, 5.41) is 1.87. The number of carbonyl (C=O) groups excluding carboxylic acids is 4. The highest BCUT2D eigenvalue weighted by Gasteiger charge is 2.67. The Labute approximate surface area is 224 Å². The summed E-state index contributed by atoms with van der Waals surface area (Å²) in [6, 6.07) is 8.53. The lowest BCUT2D eigenvalue weighted by molar-refractivity contribution is -0.152. The number of methoxy groups -OCH3 is 1. The number of hydrogen-bond donors (Lipinski definition) is 1. The second-order valence-corrected chi connectivity index (χ2v) is 13.3. The van der Waals surface area contributed by atoms with Crippen LogP contribution in [0.25, 0.3) is 0 Å². The molecule has 0 aliphatic carbocycles. The van der Waals surface area contributed by atoms with Gasteiger partial charge in [-0.25, -0.2) is 4.79 Å². The Morgan fingerprint density at radius 3 is 2.54 bits per heavy atom. The standard InChI is InChI=1S/C24H31BN2O8S2/c1-23(2,3)34-22(31)26-16(12-33-4)13-36-24(21(30)35-25)14-27-19(29)18(20(27)37(24)32)11-17(28)10-15-8-6-5-7-9-15/h5-9,16,18,20H,10-14H2,1-4H3,(H,26,31)/t16-,18-,20-,24?,37?/m1/s1. The summed E-state index contributed by atoms with van der Waals surface area (Å²) >= 11 is 0.970. The number of benzene rings is 1. The lowest BCUT2D eigenvalue weighted by Gasteiger charge is -2.40. The first-order chi connectivity index (χ1) is 17.4. The van der Waals surface area contributed by atoms with Gasteiger partial charge in [-0.2, -0.15) is 0 Å². The highest BCUT2D eigenvalue weighted by atomic mass is 32.2. The Kier molecular flexibility index (Phi) is 9.46. The molecule has 2 radical (unpaired) electrons. The van der Waals surface area contributed by atoms with Crippen molar-refractivity contribution in [1.82, 2.24) is 10.2 Å². The number of rotatable bonds is 11. The van der Waals surface area contributed by atoms with Gasteiger partial charge in [0.1, 0.15) is 16.8 Å². The largest absolute Gasteiger partial charge is 0.542 e. The van der Waals surface area contributed by atoms with E-state index in [9.17, 15) is 23.4 Å². The van der Waals surface area contributed by atoms with Crippen molar-refractivity contribution in [1.29, 1.82) is 0 Å². The molecule has 200 valence electrons. The van der Waals surface area contributed by atoms with E-state index in [0.717, 1.165) is 17.3 Å². The number of alkyl carbamates (subject to hydrolysis) is 1. The number of thioether (sulfide) groups is 1. The summed E-state index contributed by atoms with van der Waals surface area (Å²) in [6.07, 6.45) is -0.593. The van der Waals surface area contributed by atoms with Crippen LogP contribution in [0.5, 0.6) is 0 Å². The van der Waals surface area contributed by atoms with E-state index in [-0.39, 0.29) is 43.4 Å². The number of amides is 2. The fourth-order valence-corrected chi connectivity index (χ4v) is 8.08. The quantitative estimate of drug-likeness (QED) is 0.321. The number of ketones is 1. The first-order valence-corrected chi connectivity index (χ1v) is 13.9. The fraction of sp³-hybridized carbons (Fsp3) is 0.583. The summed E-state index contributed by atoms with van der Waals surface area (Å²) in [7, 11) is 4.72. The number of β-lactam (4-membered cyclic amide) rings is 1. The highest BCUT2D eigenvalue weighted by molar-refractivity contribution is 8.14. The number of hydrogen-bond acceptors (Lipinski definition) is 9. The van der Waals surface area contributed by atoms with Crippen molar-refractivity contribution in [3.63, 3.8) is 0 Å². The number of nitrogens with zero attached hydrogens (tertiary/aromatic N) is 1. The molecule has 2 saturated heterocycles. The van der Waals surface area contributed by atoms with Crippen molar-refractivity contribution in [3.8, 4) is 0 Å². The molecule has 1 aromatic carbocycles. The third-order valence-electron chi connectivity index (χ3n) is 5.89. The molecule has 2 aliphatic heterocycles. The molecule has 2 amide bonds. The minimum atomic E-state index is -1.92. The molecule has 2 aliphatic rings. The van der Waals surface area contributed by atoms with Crippen LogP contribution in [0.4, 0.5) is 4.79 Å². The molecule has 0 spiro atoms. The first-order valence-electron chi connectivity index (χ1n) is 11.7. The van der Waals surface area contributed by atoms with Crippen LogP contribution in [0.1, 0.15) is 32.8 Å². The van der Waals surface area contributed by atoms with Gasteiger partial charge in [0.15, 0.2) is 0 Å². The van der Waals surface area contributed by atoms with Crippen LogP contribution in [0.15, 0.2) is 30.3 Å². The first kappa shape index (κ1) is 29.2. The summed E-state index contributed by atoms with van der Waals surface area (Å²) in [6.45, 7) is 5.09. The molecule has 10 nitrogen and oxygen atoms in total. The van der Waals surface area contributed by atoms with E-state index in [4.69, 9.17) is 17.5 Å². The Morgan fingerprint density at radius 1 is 1.27 bits per heavy atom. The number of Topliss-reactive ketones (excluding diaryl/α,β-unsaturated/α-hetero) is 1. The molecular weight excluding hydrogens is 519 g/mol. The van der Waals surface area contributed by atoms with Gasteiger partial charge in [0.25, 0.3) is 0 Å². The molecule has 5 atom stereocenters. The van der Waals surface area contributed by atoms with Gasteiger partial charge < -0.3 is 24.3 Å². The highest BCUT2D eigenvalue weighted by Crippen LogP contribution is 2.49. The monoisotopic (exact) mass is 550 g/mol. The van der Waals surface area contributed by atoms with Crippen LogP contribution in [-0.2, 0) is 45.7 Å². The topological polar surface area (TPSA) is 128 Å². The summed E-state index contributed by atoms with van der Waals surface area (Å²) < 4.78 is 26.9. The lowest BCUT2D eigenvalue weighted by atomic mass is 9.90. The summed E-state index contributed by atoms with van der Waals surface area (Å²) in [5.74, 6) is -2.14. The average Bonchev–Trinajstić information content (AvgIpc) is 3.09. The van der Waals surface area contributed by atoms with Gasteiger partial charge in [0, 0.05) is 25.7 Å². The van der Waals surface area contributed by atoms with Gasteiger partial charge in [0.05, 0.1) is 35.9 Å². The molecule has 1 N–H and O–H groups in total. The normalized spacial score (nSPS) is 25.6. The molecule has 2 fully saturated rings. The SMILES string of the molecule is [B]OC(=O)C1(SC[C@@H](COC)NC(=O)OC(C)(C)C)CN2C(=O)[C@@H](CC(=O)Cc3ccccc3)[C@H]2S1=O. The second-order valence-electron chi connectivity index (χ2n) is 9.93. The molecule has 13 heteroatoms. The maximum atomic E-state index is 13.7. The van der Waals surface area contributed by atoms with E-state index in [1.54, 1.807) is 20.8 Å². The van der Waals surface area contributed by atoms with Crippen molar-refractivity contribution in [2.45, 2.75) is 54.7 Å². The Balaban J connectivity index is 1.70. The van der Waals surface area contributed by atoms with Crippen molar-refractivity contribution < 1.29 is 37.5 Å². The number of carbonyl (C=O) groups is 4. The minimum absolute atomic E-state index is 0.0778. The third-order valence-corrected chi connectivity index (χ3v) is 10.0. The molecule has 37 heavy (non-hydrogen) atoms. The zero-order valence-corrected chi connectivity index (χ0v) is 22.9. The van der Waals surface area contributed by atoms with E-state index in [2.05, 4.69) is 9.97 Å². The van der Waals surface area contributed by atoms with E-state index in [1.165, 1.54) is 12.0 Å². The summed E-state index contributed by atoms with van der Waals surface area (Å²) in [4.78, 5) is 51.9. The van der Waals surface area contributed by atoms with Gasteiger partial charge in [-0.05, 0) is 26.3 Å². The van der Waals surface area contributed by atoms with Crippen molar-refractivity contribution in [3.05, 3.63) is 35.9 Å². The maximum Gasteiger partial charge on any atom is 0.407 e. The minimum Gasteiger partial charge on any atom is -0.542 e. The van der Waals surface area contributed by atoms with Crippen LogP contribution in [0, 0.1) is 5.92 Å². The molecule has 2 heterocycles. The Bertz CT molecular complexity index is 1050. The zero-order valence-electron chi connectivity index (χ0n) is 21.3. The number of ether oxygens (including phenoxy) is 2. The van der Waals surface area contributed by atoms with Crippen molar-refractivity contribution in [2.24, 2.45) is 5.92 Å². The van der Waals surface area contributed by atoms with Crippen molar-refractivity contribution >= 4 is 54.4 Å². The van der Waals surface area contributed by atoms with Crippen LogP contribution >= 0.6 is 11.8 Å².